The molecular weight excluding hydrogens is 371 g/mol. The number of carbonyl (C=O) groups excluding carboxylic acids is 2. The van der Waals surface area contributed by atoms with Gasteiger partial charge in [0.15, 0.2) is 0 Å². The third kappa shape index (κ3) is 5.80. The largest absolute Gasteiger partial charge is 0.364 e. The zero-order chi connectivity index (χ0) is 19.1. The summed E-state index contributed by atoms with van der Waals surface area (Å²) >= 11 is 1.08. The summed E-state index contributed by atoms with van der Waals surface area (Å²) in [5.41, 5.74) is 0.344. The molecule has 1 aliphatic rings. The van der Waals surface area contributed by atoms with E-state index >= 15 is 0 Å². The second-order valence-electron chi connectivity index (χ2n) is 6.25. The van der Waals surface area contributed by atoms with Gasteiger partial charge in [0.1, 0.15) is 24.0 Å². The van der Waals surface area contributed by atoms with Crippen molar-refractivity contribution in [3.05, 3.63) is 40.1 Å². The predicted molar refractivity (Wildman–Crippen MR) is 99.0 cm³/mol. The van der Waals surface area contributed by atoms with Crippen LogP contribution in [0.3, 0.4) is 0 Å². The fraction of sp³-hybridized carbons (Fsp3) is 0.444. The molecule has 0 bridgehead atoms. The number of benzene rings is 1. The molecule has 7 nitrogen and oxygen atoms in total. The van der Waals surface area contributed by atoms with Gasteiger partial charge in [-0.1, -0.05) is 30.2 Å². The highest BCUT2D eigenvalue weighted by atomic mass is 32.1. The number of aromatic nitrogens is 2. The minimum absolute atomic E-state index is 0.00952. The number of ether oxygens (including phenoxy) is 1. The second kappa shape index (κ2) is 9.52. The van der Waals surface area contributed by atoms with Crippen molar-refractivity contribution < 1.29 is 18.7 Å². The normalized spacial score (nSPS) is 14.6. The van der Waals surface area contributed by atoms with E-state index in [2.05, 4.69) is 15.5 Å². The highest BCUT2D eigenvalue weighted by Gasteiger charge is 2.17. The lowest BCUT2D eigenvalue weighted by Crippen LogP contribution is -2.34. The van der Waals surface area contributed by atoms with Crippen LogP contribution < -0.4 is 5.32 Å². The van der Waals surface area contributed by atoms with Gasteiger partial charge in [-0.3, -0.25) is 9.59 Å². The monoisotopic (exact) mass is 392 g/mol. The molecule has 1 N–H and O–H groups in total. The molecule has 0 spiro atoms. The Hall–Kier alpha value is -2.39. The molecule has 3 rings (SSSR count). The van der Waals surface area contributed by atoms with Crippen molar-refractivity contribution >= 4 is 28.8 Å². The first-order valence-electron chi connectivity index (χ1n) is 8.86. The van der Waals surface area contributed by atoms with E-state index in [9.17, 15) is 14.0 Å². The highest BCUT2D eigenvalue weighted by molar-refractivity contribution is 7.13. The number of nitrogens with zero attached hydrogens (tertiary/aromatic N) is 3. The molecule has 1 aliphatic heterocycles. The van der Waals surface area contributed by atoms with Crippen LogP contribution in [0.25, 0.3) is 0 Å². The molecule has 144 valence electrons. The Bertz CT molecular complexity index is 790. The third-order valence-electron chi connectivity index (χ3n) is 4.15. The molecule has 1 saturated heterocycles. The summed E-state index contributed by atoms with van der Waals surface area (Å²) < 4.78 is 18.6. The topological polar surface area (TPSA) is 84.4 Å². The highest BCUT2D eigenvalue weighted by Crippen LogP contribution is 2.15. The van der Waals surface area contributed by atoms with Crippen LogP contribution in [0.15, 0.2) is 24.3 Å². The van der Waals surface area contributed by atoms with E-state index in [4.69, 9.17) is 4.74 Å². The lowest BCUT2D eigenvalue weighted by molar-refractivity contribution is -0.136. The molecule has 0 unspecified atom stereocenters. The first-order valence-corrected chi connectivity index (χ1v) is 9.68. The van der Waals surface area contributed by atoms with Crippen LogP contribution >= 0.6 is 11.3 Å². The first-order chi connectivity index (χ1) is 13.1. The molecule has 0 atom stereocenters. The molecule has 2 aromatic rings. The standard InChI is InChI=1S/C18H21FN4O3S/c19-13-6-5-7-14(10-13)20-17(25)18-22-21-15(27-18)11-26-12-16(24)23-8-3-1-2-4-9-23/h5-7,10H,1-4,8-9,11-12H2,(H,20,25). The lowest BCUT2D eigenvalue weighted by atomic mass is 10.2. The van der Waals surface area contributed by atoms with Gasteiger partial charge in [-0.05, 0) is 31.0 Å². The Morgan fingerprint density at radius 2 is 1.96 bits per heavy atom. The number of hydrogen-bond donors (Lipinski definition) is 1. The molecular formula is C18H21FN4O3S. The van der Waals surface area contributed by atoms with E-state index in [1.54, 1.807) is 6.07 Å². The SMILES string of the molecule is O=C(Nc1cccc(F)c1)c1nnc(COCC(=O)N2CCCCCC2)s1. The molecule has 1 aromatic heterocycles. The third-order valence-corrected chi connectivity index (χ3v) is 5.05. The van der Waals surface area contributed by atoms with E-state index in [-0.39, 0.29) is 24.1 Å². The van der Waals surface area contributed by atoms with E-state index in [1.807, 2.05) is 4.90 Å². The summed E-state index contributed by atoms with van der Waals surface area (Å²) in [4.78, 5) is 26.1. The van der Waals surface area contributed by atoms with E-state index in [1.165, 1.54) is 18.2 Å². The van der Waals surface area contributed by atoms with Crippen molar-refractivity contribution in [2.24, 2.45) is 0 Å². The molecule has 0 radical (unpaired) electrons. The minimum atomic E-state index is -0.468. The summed E-state index contributed by atoms with van der Waals surface area (Å²) in [6, 6.07) is 5.60. The van der Waals surface area contributed by atoms with Gasteiger partial charge >= 0.3 is 0 Å². The Morgan fingerprint density at radius 3 is 2.70 bits per heavy atom. The van der Waals surface area contributed by atoms with Crippen molar-refractivity contribution in [3.63, 3.8) is 0 Å². The van der Waals surface area contributed by atoms with Gasteiger partial charge < -0.3 is 15.0 Å². The number of amides is 2. The summed E-state index contributed by atoms with van der Waals surface area (Å²) in [6.45, 7) is 1.67. The zero-order valence-electron chi connectivity index (χ0n) is 14.8. The second-order valence-corrected chi connectivity index (χ2v) is 7.32. The average Bonchev–Trinajstić information content (AvgIpc) is 2.95. The number of hydrogen-bond acceptors (Lipinski definition) is 6. The smallest absolute Gasteiger partial charge is 0.286 e. The number of rotatable bonds is 6. The van der Waals surface area contributed by atoms with Gasteiger partial charge in [0.05, 0.1) is 0 Å². The first kappa shape index (κ1) is 19.4. The molecule has 9 heteroatoms. The summed E-state index contributed by atoms with van der Waals surface area (Å²) in [5.74, 6) is -0.927. The number of nitrogens with one attached hydrogen (secondary N) is 1. The van der Waals surface area contributed by atoms with Crippen LogP contribution in [-0.4, -0.2) is 46.6 Å². The molecule has 1 aromatic carbocycles. The van der Waals surface area contributed by atoms with Crippen LogP contribution in [0.4, 0.5) is 10.1 Å². The van der Waals surface area contributed by atoms with Gasteiger partial charge in [0, 0.05) is 18.8 Å². The lowest BCUT2D eigenvalue weighted by Gasteiger charge is -2.19. The van der Waals surface area contributed by atoms with Crippen LogP contribution in [0.5, 0.6) is 0 Å². The van der Waals surface area contributed by atoms with Crippen LogP contribution in [-0.2, 0) is 16.1 Å². The van der Waals surface area contributed by atoms with Crippen LogP contribution in [0, 0.1) is 5.82 Å². The molecule has 1 fully saturated rings. The fourth-order valence-electron chi connectivity index (χ4n) is 2.79. The summed E-state index contributed by atoms with van der Waals surface area (Å²) in [6.07, 6.45) is 4.39. The van der Waals surface area contributed by atoms with E-state index < -0.39 is 11.7 Å². The Balaban J connectivity index is 1.46. The van der Waals surface area contributed by atoms with Crippen molar-refractivity contribution in [3.8, 4) is 0 Å². The van der Waals surface area contributed by atoms with Gasteiger partial charge in [-0.15, -0.1) is 10.2 Å². The maximum atomic E-state index is 13.2. The number of likely N-dealkylation sites (tertiary alicyclic amines) is 1. The number of halogens is 1. The Kier molecular flexibility index (Phi) is 6.83. The van der Waals surface area contributed by atoms with Gasteiger partial charge in [0.2, 0.25) is 10.9 Å². The van der Waals surface area contributed by atoms with Gasteiger partial charge in [-0.25, -0.2) is 4.39 Å². The van der Waals surface area contributed by atoms with Crippen molar-refractivity contribution in [1.82, 2.24) is 15.1 Å². The van der Waals surface area contributed by atoms with E-state index in [0.717, 1.165) is 50.1 Å². The summed E-state index contributed by atoms with van der Waals surface area (Å²) in [7, 11) is 0. The molecule has 0 saturated carbocycles. The average molecular weight is 392 g/mol. The minimum Gasteiger partial charge on any atom is -0.364 e. The molecule has 0 aliphatic carbocycles. The van der Waals surface area contributed by atoms with E-state index in [0.29, 0.717) is 10.7 Å². The maximum absolute atomic E-state index is 13.2. The summed E-state index contributed by atoms with van der Waals surface area (Å²) in [5, 5.41) is 10.9. The quantitative estimate of drug-likeness (QED) is 0.817. The van der Waals surface area contributed by atoms with Crippen molar-refractivity contribution in [2.75, 3.05) is 25.0 Å². The Morgan fingerprint density at radius 1 is 1.19 bits per heavy atom. The molecule has 2 amide bonds. The molecule has 2 heterocycles. The maximum Gasteiger partial charge on any atom is 0.286 e. The van der Waals surface area contributed by atoms with Crippen LogP contribution in [0.2, 0.25) is 0 Å². The number of carbonyl (C=O) groups is 2. The Labute approximate surface area is 160 Å². The fourth-order valence-corrected chi connectivity index (χ4v) is 3.46. The van der Waals surface area contributed by atoms with Gasteiger partial charge in [0.25, 0.3) is 5.91 Å². The van der Waals surface area contributed by atoms with Gasteiger partial charge in [-0.2, -0.15) is 0 Å². The van der Waals surface area contributed by atoms with Crippen molar-refractivity contribution in [1.29, 1.82) is 0 Å². The number of anilines is 1. The molecule has 27 heavy (non-hydrogen) atoms. The van der Waals surface area contributed by atoms with Crippen LogP contribution in [0.1, 0.15) is 40.5 Å². The predicted octanol–water partition coefficient (Wildman–Crippen LogP) is 2.85. The zero-order valence-corrected chi connectivity index (χ0v) is 15.6. The van der Waals surface area contributed by atoms with Crippen molar-refractivity contribution in [2.45, 2.75) is 32.3 Å².